The quantitative estimate of drug-likeness (QED) is 0.731. The Labute approximate surface area is 125 Å². The average Bonchev–Trinajstić information content (AvgIpc) is 2.76. The summed E-state index contributed by atoms with van der Waals surface area (Å²) in [6.07, 6.45) is 0. The lowest BCUT2D eigenvalue weighted by molar-refractivity contribution is 0.104. The van der Waals surface area contributed by atoms with Gasteiger partial charge in [0.15, 0.2) is 0 Å². The Morgan fingerprint density at radius 2 is 1.90 bits per heavy atom. The smallest absolute Gasteiger partial charge is 0.205 e. The number of carbonyl (C=O) groups excluding carboxylic acids is 1. The van der Waals surface area contributed by atoms with Gasteiger partial charge < -0.3 is 5.73 Å². The third-order valence-corrected chi connectivity index (χ3v) is 4.44. The maximum Gasteiger partial charge on any atom is 0.205 e. The predicted molar refractivity (Wildman–Crippen MR) is 83.3 cm³/mol. The number of pyridine rings is 1. The molecule has 106 valence electrons. The molecule has 0 fully saturated rings. The fourth-order valence-corrected chi connectivity index (χ4v) is 3.55. The van der Waals surface area contributed by atoms with E-state index in [2.05, 4.69) is 4.98 Å². The number of benzene rings is 1. The van der Waals surface area contributed by atoms with Crippen molar-refractivity contribution in [2.24, 2.45) is 0 Å². The SMILES string of the molecule is Cc1cc(C)c2c(N)c(C(=O)c3ccc(F)cc3)sc2n1. The molecule has 0 saturated carbocycles. The number of ketones is 1. The molecule has 3 aromatic rings. The van der Waals surface area contributed by atoms with E-state index in [1.165, 1.54) is 35.6 Å². The third-order valence-electron chi connectivity index (χ3n) is 3.34. The number of hydrogen-bond donors (Lipinski definition) is 1. The van der Waals surface area contributed by atoms with E-state index >= 15 is 0 Å². The highest BCUT2D eigenvalue weighted by molar-refractivity contribution is 7.21. The van der Waals surface area contributed by atoms with E-state index in [0.717, 1.165) is 21.5 Å². The van der Waals surface area contributed by atoms with E-state index in [-0.39, 0.29) is 11.6 Å². The second kappa shape index (κ2) is 4.93. The number of nitrogens with two attached hydrogens (primary N) is 1. The predicted octanol–water partition coefficient (Wildman–Crippen LogP) is 3.87. The zero-order valence-corrected chi connectivity index (χ0v) is 12.4. The first-order valence-electron chi connectivity index (χ1n) is 6.44. The van der Waals surface area contributed by atoms with E-state index in [4.69, 9.17) is 5.73 Å². The van der Waals surface area contributed by atoms with Crippen molar-refractivity contribution in [2.75, 3.05) is 5.73 Å². The normalized spacial score (nSPS) is 11.0. The van der Waals surface area contributed by atoms with Crippen LogP contribution < -0.4 is 5.73 Å². The lowest BCUT2D eigenvalue weighted by atomic mass is 10.1. The monoisotopic (exact) mass is 300 g/mol. The molecule has 0 radical (unpaired) electrons. The van der Waals surface area contributed by atoms with E-state index in [9.17, 15) is 9.18 Å². The number of hydrogen-bond acceptors (Lipinski definition) is 4. The van der Waals surface area contributed by atoms with Gasteiger partial charge in [-0.2, -0.15) is 0 Å². The van der Waals surface area contributed by atoms with E-state index in [0.29, 0.717) is 16.1 Å². The van der Waals surface area contributed by atoms with Crippen molar-refractivity contribution in [1.29, 1.82) is 0 Å². The van der Waals surface area contributed by atoms with Gasteiger partial charge in [0.2, 0.25) is 5.78 Å². The minimum atomic E-state index is -0.371. The fourth-order valence-electron chi connectivity index (χ4n) is 2.37. The van der Waals surface area contributed by atoms with Crippen LogP contribution in [0.1, 0.15) is 26.5 Å². The second-order valence-corrected chi connectivity index (χ2v) is 5.94. The van der Waals surface area contributed by atoms with Crippen molar-refractivity contribution in [2.45, 2.75) is 13.8 Å². The zero-order chi connectivity index (χ0) is 15.1. The van der Waals surface area contributed by atoms with E-state index in [1.54, 1.807) is 0 Å². The number of thiophene rings is 1. The van der Waals surface area contributed by atoms with Gasteiger partial charge in [-0.05, 0) is 49.7 Å². The molecule has 3 rings (SSSR count). The number of fused-ring (bicyclic) bond motifs is 1. The highest BCUT2D eigenvalue weighted by atomic mass is 32.1. The molecular weight excluding hydrogens is 287 g/mol. The Morgan fingerprint density at radius 3 is 2.57 bits per heavy atom. The number of nitrogens with zero attached hydrogens (tertiary/aromatic N) is 1. The summed E-state index contributed by atoms with van der Waals surface area (Å²) in [4.78, 5) is 18.2. The molecule has 0 atom stereocenters. The van der Waals surface area contributed by atoms with Gasteiger partial charge in [-0.25, -0.2) is 9.37 Å². The number of nitrogen functional groups attached to an aromatic ring is 1. The van der Waals surface area contributed by atoms with Crippen molar-refractivity contribution in [1.82, 2.24) is 4.98 Å². The molecule has 2 N–H and O–H groups in total. The summed E-state index contributed by atoms with van der Waals surface area (Å²) >= 11 is 1.28. The van der Waals surface area contributed by atoms with Crippen LogP contribution in [0, 0.1) is 19.7 Å². The van der Waals surface area contributed by atoms with Crippen LogP contribution in [0.25, 0.3) is 10.2 Å². The van der Waals surface area contributed by atoms with E-state index < -0.39 is 0 Å². The standard InChI is InChI=1S/C16H13FN2OS/c1-8-7-9(2)19-16-12(8)13(18)15(21-16)14(20)10-3-5-11(17)6-4-10/h3-7H,18H2,1-2H3. The molecule has 0 aliphatic carbocycles. The fraction of sp³-hybridized carbons (Fsp3) is 0.125. The van der Waals surface area contributed by atoms with Gasteiger partial charge in [0.1, 0.15) is 15.5 Å². The number of aryl methyl sites for hydroxylation is 2. The molecule has 2 aromatic heterocycles. The molecule has 5 heteroatoms. The molecular formula is C16H13FN2OS. The van der Waals surface area contributed by atoms with Gasteiger partial charge in [-0.1, -0.05) is 0 Å². The van der Waals surface area contributed by atoms with Crippen LogP contribution in [0.4, 0.5) is 10.1 Å². The Morgan fingerprint density at radius 1 is 1.24 bits per heavy atom. The summed E-state index contributed by atoms with van der Waals surface area (Å²) in [5.74, 6) is -0.573. The van der Waals surface area contributed by atoms with Crippen molar-refractivity contribution in [3.63, 3.8) is 0 Å². The van der Waals surface area contributed by atoms with Gasteiger partial charge in [0.05, 0.1) is 5.69 Å². The van der Waals surface area contributed by atoms with Crippen molar-refractivity contribution in [3.05, 3.63) is 57.8 Å². The van der Waals surface area contributed by atoms with Crippen molar-refractivity contribution < 1.29 is 9.18 Å². The van der Waals surface area contributed by atoms with E-state index in [1.807, 2.05) is 19.9 Å². The summed E-state index contributed by atoms with van der Waals surface area (Å²) in [7, 11) is 0. The van der Waals surface area contributed by atoms with Gasteiger partial charge in [-0.3, -0.25) is 4.79 Å². The Hall–Kier alpha value is -2.27. The largest absolute Gasteiger partial charge is 0.397 e. The molecule has 0 unspecified atom stereocenters. The Balaban J connectivity index is 2.16. The molecule has 2 heterocycles. The first-order chi connectivity index (χ1) is 9.97. The maximum absolute atomic E-state index is 13.0. The molecule has 0 bridgehead atoms. The maximum atomic E-state index is 13.0. The average molecular weight is 300 g/mol. The summed E-state index contributed by atoms with van der Waals surface area (Å²) < 4.78 is 13.0. The number of carbonyl (C=O) groups is 1. The molecule has 0 aliphatic rings. The molecule has 1 aromatic carbocycles. The van der Waals surface area contributed by atoms with Gasteiger partial charge >= 0.3 is 0 Å². The van der Waals surface area contributed by atoms with Gasteiger partial charge in [-0.15, -0.1) is 11.3 Å². The van der Waals surface area contributed by atoms with Crippen LogP contribution in [0.2, 0.25) is 0 Å². The van der Waals surface area contributed by atoms with Crippen LogP contribution in [0.5, 0.6) is 0 Å². The lowest BCUT2D eigenvalue weighted by Crippen LogP contribution is -2.02. The summed E-state index contributed by atoms with van der Waals surface area (Å²) in [5, 5.41) is 0.830. The molecule has 0 saturated heterocycles. The van der Waals surface area contributed by atoms with Crippen LogP contribution >= 0.6 is 11.3 Å². The summed E-state index contributed by atoms with van der Waals surface area (Å²) in [5.41, 5.74) is 8.90. The number of anilines is 1. The molecule has 0 aliphatic heterocycles. The molecule has 0 amide bonds. The van der Waals surface area contributed by atoms with Crippen LogP contribution in [0.3, 0.4) is 0 Å². The Kier molecular flexibility index (Phi) is 3.22. The van der Waals surface area contributed by atoms with Gasteiger partial charge in [0.25, 0.3) is 0 Å². The summed E-state index contributed by atoms with van der Waals surface area (Å²) in [6.45, 7) is 3.86. The number of rotatable bonds is 2. The first-order valence-corrected chi connectivity index (χ1v) is 7.25. The van der Waals surface area contributed by atoms with Crippen molar-refractivity contribution >= 4 is 33.0 Å². The van der Waals surface area contributed by atoms with Crippen LogP contribution in [0.15, 0.2) is 30.3 Å². The van der Waals surface area contributed by atoms with Crippen molar-refractivity contribution in [3.8, 4) is 0 Å². The van der Waals surface area contributed by atoms with Crippen LogP contribution in [-0.4, -0.2) is 10.8 Å². The van der Waals surface area contributed by atoms with Gasteiger partial charge in [0, 0.05) is 16.6 Å². The zero-order valence-electron chi connectivity index (χ0n) is 11.6. The second-order valence-electron chi connectivity index (χ2n) is 4.94. The summed E-state index contributed by atoms with van der Waals surface area (Å²) in [6, 6.07) is 7.41. The number of halogens is 1. The molecule has 21 heavy (non-hydrogen) atoms. The Bertz CT molecular complexity index is 853. The minimum Gasteiger partial charge on any atom is -0.397 e. The molecule has 0 spiro atoms. The molecule has 3 nitrogen and oxygen atoms in total. The third kappa shape index (κ3) is 2.29. The highest BCUT2D eigenvalue weighted by Crippen LogP contribution is 2.36. The number of aromatic nitrogens is 1. The lowest BCUT2D eigenvalue weighted by Gasteiger charge is -2.01. The highest BCUT2D eigenvalue weighted by Gasteiger charge is 2.20. The van der Waals surface area contributed by atoms with Crippen LogP contribution in [-0.2, 0) is 0 Å². The minimum absolute atomic E-state index is 0.201. The first kappa shape index (κ1) is 13.7. The topological polar surface area (TPSA) is 56.0 Å².